The number of aliphatic hydroxyl groups excluding tert-OH is 1. The Morgan fingerprint density at radius 2 is 0.500 bits per heavy atom. The summed E-state index contributed by atoms with van der Waals surface area (Å²) in [4.78, 5) is 72.6. The van der Waals surface area contributed by atoms with Crippen molar-refractivity contribution >= 4 is 39.5 Å². The second kappa shape index (κ2) is 65.0. The summed E-state index contributed by atoms with van der Waals surface area (Å²) >= 11 is 0. The van der Waals surface area contributed by atoms with Crippen molar-refractivity contribution in [2.45, 2.75) is 394 Å². The summed E-state index contributed by atoms with van der Waals surface area (Å²) in [6, 6.07) is 0. The van der Waals surface area contributed by atoms with Gasteiger partial charge in [-0.15, -0.1) is 0 Å². The first-order valence-corrected chi connectivity index (χ1v) is 41.0. The van der Waals surface area contributed by atoms with Crippen LogP contribution in [0.15, 0.2) is 0 Å². The molecule has 0 aromatic rings. The van der Waals surface area contributed by atoms with E-state index in [0.29, 0.717) is 31.6 Å². The highest BCUT2D eigenvalue weighted by molar-refractivity contribution is 7.47. The van der Waals surface area contributed by atoms with Gasteiger partial charge in [-0.25, -0.2) is 9.13 Å². The third kappa shape index (κ3) is 66.7. The van der Waals surface area contributed by atoms with Gasteiger partial charge in [0.15, 0.2) is 12.2 Å². The monoisotopic (exact) mass is 1350 g/mol. The minimum atomic E-state index is -4.95. The average Bonchev–Trinajstić information content (AvgIpc) is 3.03. The van der Waals surface area contributed by atoms with E-state index in [2.05, 4.69) is 41.5 Å². The minimum absolute atomic E-state index is 0.106. The van der Waals surface area contributed by atoms with Gasteiger partial charge >= 0.3 is 39.5 Å². The maximum Gasteiger partial charge on any atom is 0.472 e. The van der Waals surface area contributed by atoms with Crippen molar-refractivity contribution in [3.05, 3.63) is 0 Å². The Hall–Kier alpha value is -1.94. The molecule has 0 radical (unpaired) electrons. The van der Waals surface area contributed by atoms with E-state index >= 15 is 0 Å². The van der Waals surface area contributed by atoms with Gasteiger partial charge in [-0.2, -0.15) is 0 Å². The lowest BCUT2D eigenvalue weighted by molar-refractivity contribution is -0.161. The fraction of sp³-hybridized carbons (Fsp3) is 0.945. The van der Waals surface area contributed by atoms with Crippen LogP contribution in [0.3, 0.4) is 0 Å². The van der Waals surface area contributed by atoms with Crippen molar-refractivity contribution in [1.82, 2.24) is 0 Å². The van der Waals surface area contributed by atoms with Crippen LogP contribution in [0.4, 0.5) is 0 Å². The van der Waals surface area contributed by atoms with E-state index in [4.69, 9.17) is 37.0 Å². The fourth-order valence-electron chi connectivity index (χ4n) is 11.1. The van der Waals surface area contributed by atoms with Gasteiger partial charge in [0.2, 0.25) is 0 Å². The smallest absolute Gasteiger partial charge is 0.462 e. The van der Waals surface area contributed by atoms with Crippen LogP contribution in [0.25, 0.3) is 0 Å². The number of hydrogen-bond donors (Lipinski definition) is 3. The summed E-state index contributed by atoms with van der Waals surface area (Å²) in [5.74, 6) is -0.618. The predicted octanol–water partition coefficient (Wildman–Crippen LogP) is 21.2. The Bertz CT molecular complexity index is 1790. The summed E-state index contributed by atoms with van der Waals surface area (Å²) in [6.45, 7) is 9.54. The van der Waals surface area contributed by atoms with E-state index in [1.165, 1.54) is 186 Å². The van der Waals surface area contributed by atoms with Gasteiger partial charge in [0.05, 0.1) is 26.4 Å². The largest absolute Gasteiger partial charge is 0.472 e. The third-order valence-electron chi connectivity index (χ3n) is 17.0. The van der Waals surface area contributed by atoms with Crippen molar-refractivity contribution in [3.8, 4) is 0 Å². The molecule has 0 fully saturated rings. The zero-order valence-corrected chi connectivity index (χ0v) is 61.6. The van der Waals surface area contributed by atoms with E-state index in [1.54, 1.807) is 0 Å². The number of hydrogen-bond acceptors (Lipinski definition) is 15. The zero-order chi connectivity index (χ0) is 67.9. The predicted molar refractivity (Wildman–Crippen MR) is 372 cm³/mol. The Kier molecular flexibility index (Phi) is 63.7. The summed E-state index contributed by atoms with van der Waals surface area (Å²) in [5, 5.41) is 10.6. The molecule has 17 nitrogen and oxygen atoms in total. The molecule has 0 rings (SSSR count). The van der Waals surface area contributed by atoms with Gasteiger partial charge in [-0.1, -0.05) is 324 Å². The second-order valence-corrected chi connectivity index (χ2v) is 30.2. The van der Waals surface area contributed by atoms with E-state index in [9.17, 15) is 43.2 Å². The Labute approximate surface area is 562 Å². The molecule has 0 aromatic heterocycles. The molecule has 0 aliphatic rings. The molecule has 0 bridgehead atoms. The van der Waals surface area contributed by atoms with E-state index in [-0.39, 0.29) is 25.7 Å². The van der Waals surface area contributed by atoms with Crippen LogP contribution in [0.1, 0.15) is 375 Å². The number of rotatable bonds is 72. The number of esters is 4. The normalized spacial score (nSPS) is 14.1. The lowest BCUT2D eigenvalue weighted by Crippen LogP contribution is -2.30. The highest BCUT2D eigenvalue weighted by Gasteiger charge is 2.30. The SMILES string of the molecule is CCCCCCCCCCCCCCCCC(=O)OC[C@H](COP(=O)(O)OC[C@@H](O)COP(=O)(O)OC[C@@H](COC(=O)CCCCCCCCCC(C)C)OC(=O)CCCCCCCCCCCCC)OC(=O)CCCCCCCCCCCCCCCCC(C)C. The fourth-order valence-corrected chi connectivity index (χ4v) is 12.7. The number of phosphoric acid groups is 2. The van der Waals surface area contributed by atoms with Crippen LogP contribution in [0, 0.1) is 11.8 Å². The molecular formula is C73H142O17P2. The Balaban J connectivity index is 5.24. The van der Waals surface area contributed by atoms with E-state index in [0.717, 1.165) is 102 Å². The third-order valence-corrected chi connectivity index (χ3v) is 18.9. The highest BCUT2D eigenvalue weighted by Crippen LogP contribution is 2.45. The molecule has 5 atom stereocenters. The molecule has 0 aromatic carbocycles. The van der Waals surface area contributed by atoms with Crippen molar-refractivity contribution in [1.29, 1.82) is 0 Å². The topological polar surface area (TPSA) is 237 Å². The molecule has 0 saturated carbocycles. The van der Waals surface area contributed by atoms with Gasteiger partial charge in [-0.3, -0.25) is 37.3 Å². The number of carbonyl (C=O) groups is 4. The van der Waals surface area contributed by atoms with Crippen LogP contribution in [0.2, 0.25) is 0 Å². The molecule has 0 spiro atoms. The molecule has 0 aliphatic carbocycles. The highest BCUT2D eigenvalue weighted by atomic mass is 31.2. The standard InChI is InChI=1S/C73H142O17P2/c1-7-9-11-13-15-17-19-20-24-28-31-37-43-49-55-70(75)83-61-68(89-73(78)58-52-46-39-33-29-25-22-21-23-27-30-35-41-47-53-65(3)4)63-87-91(79,80)85-59-67(74)60-86-92(81,82)88-64-69(62-84-71(76)56-50-44-40-34-36-42-48-54-66(5)6)90-72(77)57-51-45-38-32-26-18-16-14-12-10-8-2/h65-69,74H,7-64H2,1-6H3,(H,79,80)(H,81,82)/t67-,68-,69-/m1/s1. The van der Waals surface area contributed by atoms with Crippen LogP contribution >= 0.6 is 15.6 Å². The lowest BCUT2D eigenvalue weighted by Gasteiger charge is -2.21. The number of phosphoric ester groups is 2. The van der Waals surface area contributed by atoms with E-state index < -0.39 is 97.5 Å². The maximum absolute atomic E-state index is 13.1. The second-order valence-electron chi connectivity index (χ2n) is 27.3. The zero-order valence-electron chi connectivity index (χ0n) is 59.9. The Morgan fingerprint density at radius 3 is 0.739 bits per heavy atom. The van der Waals surface area contributed by atoms with Crippen molar-refractivity contribution in [3.63, 3.8) is 0 Å². The minimum Gasteiger partial charge on any atom is -0.462 e. The Morgan fingerprint density at radius 1 is 0.293 bits per heavy atom. The molecular weight excluding hydrogens is 1210 g/mol. The summed E-state index contributed by atoms with van der Waals surface area (Å²) < 4.78 is 68.4. The number of aliphatic hydroxyl groups is 1. The molecule has 2 unspecified atom stereocenters. The average molecular weight is 1350 g/mol. The number of carbonyl (C=O) groups excluding carboxylic acids is 4. The number of ether oxygens (including phenoxy) is 4. The maximum atomic E-state index is 13.1. The molecule has 546 valence electrons. The van der Waals surface area contributed by atoms with Gasteiger partial charge in [0.1, 0.15) is 19.3 Å². The molecule has 0 aliphatic heterocycles. The first-order valence-electron chi connectivity index (χ1n) is 38.0. The van der Waals surface area contributed by atoms with Gasteiger partial charge in [-0.05, 0) is 37.5 Å². The lowest BCUT2D eigenvalue weighted by atomic mass is 10.0. The van der Waals surface area contributed by atoms with Gasteiger partial charge in [0, 0.05) is 25.7 Å². The van der Waals surface area contributed by atoms with Gasteiger partial charge in [0.25, 0.3) is 0 Å². The van der Waals surface area contributed by atoms with Crippen LogP contribution in [-0.4, -0.2) is 96.7 Å². The molecule has 19 heteroatoms. The number of unbranched alkanes of at least 4 members (excludes halogenated alkanes) is 42. The summed E-state index contributed by atoms with van der Waals surface area (Å²) in [5.41, 5.74) is 0. The first kappa shape index (κ1) is 90.1. The quantitative estimate of drug-likeness (QED) is 0.0222. The van der Waals surface area contributed by atoms with Crippen molar-refractivity contribution in [2.75, 3.05) is 39.6 Å². The molecule has 0 heterocycles. The van der Waals surface area contributed by atoms with Crippen LogP contribution < -0.4 is 0 Å². The van der Waals surface area contributed by atoms with E-state index in [1.807, 2.05) is 0 Å². The van der Waals surface area contributed by atoms with Crippen LogP contribution in [-0.2, 0) is 65.4 Å². The van der Waals surface area contributed by atoms with Gasteiger partial charge < -0.3 is 33.8 Å². The molecule has 0 amide bonds. The summed E-state index contributed by atoms with van der Waals surface area (Å²) in [7, 11) is -9.90. The molecule has 0 saturated heterocycles. The molecule has 92 heavy (non-hydrogen) atoms. The summed E-state index contributed by atoms with van der Waals surface area (Å²) in [6.07, 6.45) is 51.3. The molecule has 3 N–H and O–H groups in total. The van der Waals surface area contributed by atoms with Crippen molar-refractivity contribution < 1.29 is 80.2 Å². The first-order chi connectivity index (χ1) is 44.4. The van der Waals surface area contributed by atoms with Crippen LogP contribution in [0.5, 0.6) is 0 Å². The van der Waals surface area contributed by atoms with Crippen molar-refractivity contribution in [2.24, 2.45) is 11.8 Å².